The van der Waals surface area contributed by atoms with Crippen molar-refractivity contribution < 1.29 is 9.53 Å². The number of ketones is 1. The molecular weight excluding hydrogens is 408 g/mol. The predicted octanol–water partition coefficient (Wildman–Crippen LogP) is 2.88. The van der Waals surface area contributed by atoms with E-state index in [0.717, 1.165) is 18.4 Å². The van der Waals surface area contributed by atoms with Gasteiger partial charge in [-0.05, 0) is 49.6 Å². The van der Waals surface area contributed by atoms with Crippen LogP contribution in [0.1, 0.15) is 34.8 Å². The number of carbonyl (C=O) groups excluding carboxylic acids is 1. The van der Waals surface area contributed by atoms with Crippen molar-refractivity contribution in [2.24, 2.45) is 0 Å². The number of methoxy groups -OCH3 is 1. The van der Waals surface area contributed by atoms with Crippen molar-refractivity contribution in [3.05, 3.63) is 86.8 Å². The molecule has 5 rings (SSSR count). The van der Waals surface area contributed by atoms with Crippen LogP contribution in [0.15, 0.2) is 64.4 Å². The van der Waals surface area contributed by atoms with Crippen LogP contribution in [0.2, 0.25) is 0 Å². The van der Waals surface area contributed by atoms with Crippen molar-refractivity contribution in [1.82, 2.24) is 18.7 Å². The molecule has 0 unspecified atom stereocenters. The second kappa shape index (κ2) is 7.64. The molecule has 1 aliphatic rings. The van der Waals surface area contributed by atoms with Crippen molar-refractivity contribution in [1.29, 1.82) is 0 Å². The number of aryl methyl sites for hydroxylation is 1. The van der Waals surface area contributed by atoms with Crippen molar-refractivity contribution >= 4 is 16.9 Å². The molecule has 0 radical (unpaired) electrons. The van der Waals surface area contributed by atoms with Crippen molar-refractivity contribution in [2.45, 2.75) is 32.4 Å². The minimum Gasteiger partial charge on any atom is -0.497 e. The summed E-state index contributed by atoms with van der Waals surface area (Å²) in [7, 11) is 1.54. The molecule has 1 fully saturated rings. The Hall–Kier alpha value is -3.94. The van der Waals surface area contributed by atoms with Gasteiger partial charge in [0, 0.05) is 11.6 Å². The average Bonchev–Trinajstić information content (AvgIpc) is 3.54. The maximum atomic E-state index is 13.3. The Balaban J connectivity index is 1.68. The molecule has 0 aliphatic heterocycles. The zero-order valence-corrected chi connectivity index (χ0v) is 17.8. The van der Waals surface area contributed by atoms with Crippen LogP contribution in [0, 0.1) is 6.92 Å². The summed E-state index contributed by atoms with van der Waals surface area (Å²) in [6.45, 7) is 1.86. The summed E-state index contributed by atoms with van der Waals surface area (Å²) in [5.74, 6) is 0.393. The number of nitrogens with zero attached hydrogens (tertiary/aromatic N) is 4. The van der Waals surface area contributed by atoms with E-state index < -0.39 is 11.2 Å². The Kier molecular flexibility index (Phi) is 4.77. The minimum absolute atomic E-state index is 0.0738. The zero-order chi connectivity index (χ0) is 22.4. The first-order valence-electron chi connectivity index (χ1n) is 10.4. The molecule has 32 heavy (non-hydrogen) atoms. The molecule has 2 aromatic heterocycles. The topological polar surface area (TPSA) is 88.1 Å². The van der Waals surface area contributed by atoms with Crippen LogP contribution in [0.25, 0.3) is 16.9 Å². The van der Waals surface area contributed by atoms with Gasteiger partial charge in [0.25, 0.3) is 5.56 Å². The van der Waals surface area contributed by atoms with Crippen molar-refractivity contribution in [2.75, 3.05) is 7.11 Å². The number of hydrogen-bond donors (Lipinski definition) is 0. The third kappa shape index (κ3) is 3.33. The number of Topliss-reactive ketones (excluding diaryl/α,β-unsaturated/α-hetero) is 1. The number of carbonyl (C=O) groups is 1. The van der Waals surface area contributed by atoms with Gasteiger partial charge in [-0.15, -0.1) is 0 Å². The summed E-state index contributed by atoms with van der Waals surface area (Å²) in [5.41, 5.74) is 1.78. The smallest absolute Gasteiger partial charge is 0.337 e. The van der Waals surface area contributed by atoms with E-state index in [9.17, 15) is 14.4 Å². The summed E-state index contributed by atoms with van der Waals surface area (Å²) in [5, 5.41) is 0. The lowest BCUT2D eigenvalue weighted by molar-refractivity contribution is 0.0973. The molecule has 2 heterocycles. The fourth-order valence-corrected chi connectivity index (χ4v) is 3.97. The molecule has 8 heteroatoms. The van der Waals surface area contributed by atoms with Crippen LogP contribution >= 0.6 is 0 Å². The number of hydrogen-bond acceptors (Lipinski definition) is 5. The minimum atomic E-state index is -0.410. The van der Waals surface area contributed by atoms with Gasteiger partial charge in [-0.25, -0.2) is 14.3 Å². The molecule has 0 atom stereocenters. The first-order chi connectivity index (χ1) is 15.5. The van der Waals surface area contributed by atoms with E-state index in [1.165, 1.54) is 27.1 Å². The normalized spacial score (nSPS) is 13.4. The standard InChI is InChI=1S/C24H22N4O4/c1-15-5-3-7-18(11-15)27-22-21(23(30)28(24(27)31)17-9-10-17)26(14-25-22)13-20(29)16-6-4-8-19(12-16)32-2/h3-8,11-12,14,17H,9-10,13H2,1-2H3. The maximum absolute atomic E-state index is 13.3. The number of aromatic nitrogens is 4. The first-order valence-corrected chi connectivity index (χ1v) is 10.4. The molecule has 0 N–H and O–H groups in total. The molecule has 4 aromatic rings. The van der Waals surface area contributed by atoms with Gasteiger partial charge in [-0.1, -0.05) is 24.3 Å². The van der Waals surface area contributed by atoms with E-state index in [1.54, 1.807) is 24.3 Å². The number of rotatable bonds is 6. The molecule has 162 valence electrons. The highest BCUT2D eigenvalue weighted by Gasteiger charge is 2.30. The van der Waals surface area contributed by atoms with Crippen LogP contribution in [0.4, 0.5) is 0 Å². The van der Waals surface area contributed by atoms with Gasteiger partial charge in [0.2, 0.25) is 0 Å². The number of imidazole rings is 1. The molecule has 0 spiro atoms. The predicted molar refractivity (Wildman–Crippen MR) is 120 cm³/mol. The van der Waals surface area contributed by atoms with E-state index in [4.69, 9.17) is 4.74 Å². The van der Waals surface area contributed by atoms with Gasteiger partial charge in [-0.2, -0.15) is 0 Å². The van der Waals surface area contributed by atoms with E-state index in [2.05, 4.69) is 4.98 Å². The number of benzene rings is 2. The lowest BCUT2D eigenvalue weighted by Crippen LogP contribution is -2.39. The lowest BCUT2D eigenvalue weighted by atomic mass is 10.1. The second-order valence-electron chi connectivity index (χ2n) is 8.06. The molecule has 0 saturated heterocycles. The summed E-state index contributed by atoms with van der Waals surface area (Å²) in [4.78, 5) is 44.0. The monoisotopic (exact) mass is 430 g/mol. The highest BCUT2D eigenvalue weighted by molar-refractivity contribution is 5.96. The third-order valence-electron chi connectivity index (χ3n) is 5.73. The molecule has 0 amide bonds. The largest absolute Gasteiger partial charge is 0.497 e. The Morgan fingerprint density at radius 3 is 2.62 bits per heavy atom. The summed E-state index contributed by atoms with van der Waals surface area (Å²) in [6.07, 6.45) is 3.02. The molecule has 8 nitrogen and oxygen atoms in total. The van der Waals surface area contributed by atoms with Gasteiger partial charge in [0.1, 0.15) is 5.75 Å². The Bertz CT molecular complexity index is 1470. The van der Waals surface area contributed by atoms with Crippen LogP contribution in [-0.2, 0) is 6.54 Å². The molecular formula is C24H22N4O4. The number of ether oxygens (including phenoxy) is 1. The highest BCUT2D eigenvalue weighted by Crippen LogP contribution is 2.32. The summed E-state index contributed by atoms with van der Waals surface area (Å²) >= 11 is 0. The van der Waals surface area contributed by atoms with E-state index in [-0.39, 0.29) is 29.5 Å². The van der Waals surface area contributed by atoms with Gasteiger partial charge >= 0.3 is 5.69 Å². The first kappa shape index (κ1) is 20.0. The third-order valence-corrected chi connectivity index (χ3v) is 5.73. The Labute approximate surface area is 183 Å². The highest BCUT2D eigenvalue weighted by atomic mass is 16.5. The molecule has 1 saturated carbocycles. The maximum Gasteiger partial charge on any atom is 0.337 e. The van der Waals surface area contributed by atoms with Gasteiger partial charge in [-0.3, -0.25) is 14.2 Å². The van der Waals surface area contributed by atoms with Crippen LogP contribution in [-0.4, -0.2) is 31.6 Å². The van der Waals surface area contributed by atoms with Crippen LogP contribution < -0.4 is 16.0 Å². The summed E-state index contributed by atoms with van der Waals surface area (Å²) in [6, 6.07) is 14.2. The average molecular weight is 430 g/mol. The Morgan fingerprint density at radius 2 is 1.91 bits per heavy atom. The van der Waals surface area contributed by atoms with E-state index in [0.29, 0.717) is 17.0 Å². The fraction of sp³-hybridized carbons (Fsp3) is 0.250. The van der Waals surface area contributed by atoms with Gasteiger partial charge < -0.3 is 9.30 Å². The quantitative estimate of drug-likeness (QED) is 0.439. The second-order valence-corrected chi connectivity index (χ2v) is 8.06. The van der Waals surface area contributed by atoms with Crippen LogP contribution in [0.5, 0.6) is 5.75 Å². The van der Waals surface area contributed by atoms with E-state index >= 15 is 0 Å². The molecule has 0 bridgehead atoms. The van der Waals surface area contributed by atoms with Gasteiger partial charge in [0.15, 0.2) is 16.9 Å². The number of fused-ring (bicyclic) bond motifs is 1. The molecule has 1 aliphatic carbocycles. The van der Waals surface area contributed by atoms with Crippen molar-refractivity contribution in [3.63, 3.8) is 0 Å². The summed E-state index contributed by atoms with van der Waals surface area (Å²) < 4.78 is 9.51. The molecule has 2 aromatic carbocycles. The SMILES string of the molecule is COc1cccc(C(=O)Cn2cnc3c2c(=O)n(C2CC2)c(=O)n3-c2cccc(C)c2)c1. The lowest BCUT2D eigenvalue weighted by Gasteiger charge is -2.12. The van der Waals surface area contributed by atoms with Gasteiger partial charge in [0.05, 0.1) is 25.7 Å². The van der Waals surface area contributed by atoms with E-state index in [1.807, 2.05) is 31.2 Å². The fourth-order valence-electron chi connectivity index (χ4n) is 3.97. The van der Waals surface area contributed by atoms with Crippen LogP contribution in [0.3, 0.4) is 0 Å². The zero-order valence-electron chi connectivity index (χ0n) is 17.8. The van der Waals surface area contributed by atoms with Crippen molar-refractivity contribution in [3.8, 4) is 11.4 Å². The Morgan fingerprint density at radius 1 is 1.12 bits per heavy atom.